The van der Waals surface area contributed by atoms with Crippen molar-refractivity contribution in [2.24, 2.45) is 28.1 Å². The zero-order chi connectivity index (χ0) is 19.3. The van der Waals surface area contributed by atoms with Gasteiger partial charge in [0.15, 0.2) is 0 Å². The summed E-state index contributed by atoms with van der Waals surface area (Å²) >= 11 is 0. The van der Waals surface area contributed by atoms with Gasteiger partial charge in [0, 0.05) is 0 Å². The van der Waals surface area contributed by atoms with Crippen molar-refractivity contribution in [2.75, 3.05) is 0 Å². The molecule has 4 atom stereocenters. The highest BCUT2D eigenvalue weighted by Gasteiger charge is 2.49. The Labute approximate surface area is 152 Å². The van der Waals surface area contributed by atoms with E-state index in [9.17, 15) is 4.79 Å². The third kappa shape index (κ3) is 6.08. The number of carbonyl (C=O) groups excluding carboxylic acids is 1. The standard InChI is InChI=1S/C20H38O2.C2H6/c1-10-15-11-14(2)16(12-15)22-17(21)20(9,19(6,7)8)13-18(3,4)5;1-2/h14-16H,10-13H2,1-9H3;1-2H3. The number of hydrogen-bond acceptors (Lipinski definition) is 2. The van der Waals surface area contributed by atoms with Crippen molar-refractivity contribution in [1.29, 1.82) is 0 Å². The number of rotatable bonds is 4. The van der Waals surface area contributed by atoms with Gasteiger partial charge in [0.2, 0.25) is 0 Å². The summed E-state index contributed by atoms with van der Waals surface area (Å²) < 4.78 is 6.05. The second kappa shape index (κ2) is 8.72. The molecule has 1 saturated carbocycles. The molecule has 0 amide bonds. The van der Waals surface area contributed by atoms with Crippen molar-refractivity contribution in [1.82, 2.24) is 0 Å². The Hall–Kier alpha value is -0.530. The first-order valence-electron chi connectivity index (χ1n) is 10.0. The lowest BCUT2D eigenvalue weighted by molar-refractivity contribution is -0.172. The van der Waals surface area contributed by atoms with Crippen LogP contribution in [0.4, 0.5) is 0 Å². The van der Waals surface area contributed by atoms with Crippen LogP contribution < -0.4 is 0 Å². The highest BCUT2D eigenvalue weighted by atomic mass is 16.5. The monoisotopic (exact) mass is 340 g/mol. The topological polar surface area (TPSA) is 26.3 Å². The Balaban J connectivity index is 0.00000254. The normalized spacial score (nSPS) is 27.0. The molecule has 0 saturated heterocycles. The molecule has 24 heavy (non-hydrogen) atoms. The van der Waals surface area contributed by atoms with Crippen molar-refractivity contribution in [2.45, 2.75) is 108 Å². The second-order valence-corrected chi connectivity index (χ2v) is 9.99. The molecule has 144 valence electrons. The number of ether oxygens (including phenoxy) is 1. The average molecular weight is 341 g/mol. The summed E-state index contributed by atoms with van der Waals surface area (Å²) in [6.07, 6.45) is 4.38. The van der Waals surface area contributed by atoms with Crippen LogP contribution in [0.2, 0.25) is 0 Å². The molecule has 0 aromatic rings. The highest BCUT2D eigenvalue weighted by molar-refractivity contribution is 5.77. The molecule has 1 aliphatic carbocycles. The van der Waals surface area contributed by atoms with Gasteiger partial charge in [-0.15, -0.1) is 0 Å². The first-order valence-corrected chi connectivity index (χ1v) is 10.0. The second-order valence-electron chi connectivity index (χ2n) is 9.99. The Morgan fingerprint density at radius 2 is 1.50 bits per heavy atom. The summed E-state index contributed by atoms with van der Waals surface area (Å²) in [6.45, 7) is 23.7. The van der Waals surface area contributed by atoms with Crippen LogP contribution >= 0.6 is 0 Å². The van der Waals surface area contributed by atoms with E-state index in [-0.39, 0.29) is 22.9 Å². The van der Waals surface area contributed by atoms with Crippen LogP contribution in [-0.4, -0.2) is 12.1 Å². The van der Waals surface area contributed by atoms with Gasteiger partial charge in [0.25, 0.3) is 0 Å². The molecular weight excluding hydrogens is 296 g/mol. The number of esters is 1. The highest BCUT2D eigenvalue weighted by Crippen LogP contribution is 2.48. The van der Waals surface area contributed by atoms with Gasteiger partial charge in [-0.1, -0.05) is 75.7 Å². The lowest BCUT2D eigenvalue weighted by Gasteiger charge is -2.44. The molecule has 2 nitrogen and oxygen atoms in total. The molecule has 0 aromatic heterocycles. The molecule has 1 rings (SSSR count). The summed E-state index contributed by atoms with van der Waals surface area (Å²) in [5.41, 5.74) is -0.451. The van der Waals surface area contributed by atoms with Gasteiger partial charge in [-0.05, 0) is 48.9 Å². The van der Waals surface area contributed by atoms with Crippen LogP contribution in [0.25, 0.3) is 0 Å². The predicted molar refractivity (Wildman–Crippen MR) is 105 cm³/mol. The van der Waals surface area contributed by atoms with Crippen molar-refractivity contribution < 1.29 is 9.53 Å². The summed E-state index contributed by atoms with van der Waals surface area (Å²) in [7, 11) is 0. The van der Waals surface area contributed by atoms with Crippen LogP contribution in [0.3, 0.4) is 0 Å². The maximum Gasteiger partial charge on any atom is 0.312 e. The molecule has 4 unspecified atom stereocenters. The Bertz CT molecular complexity index is 386. The predicted octanol–water partition coefficient (Wildman–Crippen LogP) is 6.87. The molecule has 1 aliphatic rings. The minimum Gasteiger partial charge on any atom is -0.462 e. The molecule has 0 aliphatic heterocycles. The van der Waals surface area contributed by atoms with E-state index in [1.165, 1.54) is 12.8 Å². The third-order valence-corrected chi connectivity index (χ3v) is 5.73. The van der Waals surface area contributed by atoms with E-state index in [2.05, 4.69) is 62.3 Å². The molecule has 0 heterocycles. The minimum absolute atomic E-state index is 0.00327. The number of carbonyl (C=O) groups is 1. The van der Waals surface area contributed by atoms with Crippen LogP contribution in [0.15, 0.2) is 0 Å². The summed E-state index contributed by atoms with van der Waals surface area (Å²) in [5.74, 6) is 1.22. The van der Waals surface area contributed by atoms with Gasteiger partial charge in [-0.3, -0.25) is 4.79 Å². The van der Waals surface area contributed by atoms with Crippen LogP contribution in [-0.2, 0) is 9.53 Å². The van der Waals surface area contributed by atoms with E-state index in [1.807, 2.05) is 13.8 Å². The van der Waals surface area contributed by atoms with Gasteiger partial charge >= 0.3 is 5.97 Å². The molecule has 1 fully saturated rings. The zero-order valence-electron chi connectivity index (χ0n) is 18.4. The fraction of sp³-hybridized carbons (Fsp3) is 0.955. The molecule has 0 N–H and O–H groups in total. The summed E-state index contributed by atoms with van der Waals surface area (Å²) in [6, 6.07) is 0. The fourth-order valence-electron chi connectivity index (χ4n) is 3.80. The van der Waals surface area contributed by atoms with E-state index in [0.717, 1.165) is 18.8 Å². The molecule has 0 radical (unpaired) electrons. The fourth-order valence-corrected chi connectivity index (χ4v) is 3.80. The van der Waals surface area contributed by atoms with Gasteiger partial charge < -0.3 is 4.74 Å². The zero-order valence-corrected chi connectivity index (χ0v) is 18.4. The lowest BCUT2D eigenvalue weighted by Crippen LogP contribution is -2.45. The smallest absolute Gasteiger partial charge is 0.312 e. The number of hydrogen-bond donors (Lipinski definition) is 0. The summed E-state index contributed by atoms with van der Waals surface area (Å²) in [4.78, 5) is 13.1. The third-order valence-electron chi connectivity index (χ3n) is 5.73. The maximum atomic E-state index is 13.1. The van der Waals surface area contributed by atoms with Gasteiger partial charge in [-0.25, -0.2) is 0 Å². The Kier molecular flexibility index (Phi) is 8.52. The minimum atomic E-state index is -0.449. The lowest BCUT2D eigenvalue weighted by atomic mass is 9.61. The van der Waals surface area contributed by atoms with Crippen molar-refractivity contribution in [3.05, 3.63) is 0 Å². The van der Waals surface area contributed by atoms with Crippen molar-refractivity contribution >= 4 is 5.97 Å². The SMILES string of the molecule is CC.CCC1CC(C)C(OC(=O)C(C)(CC(C)(C)C)C(C)(C)C)C1. The first kappa shape index (κ1) is 23.5. The van der Waals surface area contributed by atoms with E-state index in [0.29, 0.717) is 5.92 Å². The maximum absolute atomic E-state index is 13.1. The van der Waals surface area contributed by atoms with Gasteiger partial charge in [-0.2, -0.15) is 0 Å². The quantitative estimate of drug-likeness (QED) is 0.522. The molecule has 0 spiro atoms. The van der Waals surface area contributed by atoms with E-state index in [4.69, 9.17) is 4.74 Å². The van der Waals surface area contributed by atoms with Gasteiger partial charge in [0.05, 0.1) is 5.41 Å². The van der Waals surface area contributed by atoms with Gasteiger partial charge in [0.1, 0.15) is 6.10 Å². The summed E-state index contributed by atoms with van der Waals surface area (Å²) in [5, 5.41) is 0. The van der Waals surface area contributed by atoms with E-state index < -0.39 is 5.41 Å². The molecule has 0 bridgehead atoms. The van der Waals surface area contributed by atoms with Crippen LogP contribution in [0.5, 0.6) is 0 Å². The van der Waals surface area contributed by atoms with Crippen molar-refractivity contribution in [3.8, 4) is 0 Å². The van der Waals surface area contributed by atoms with Crippen LogP contribution in [0.1, 0.15) is 102 Å². The van der Waals surface area contributed by atoms with Crippen LogP contribution in [0, 0.1) is 28.1 Å². The van der Waals surface area contributed by atoms with E-state index >= 15 is 0 Å². The van der Waals surface area contributed by atoms with E-state index in [1.54, 1.807) is 0 Å². The molecule has 2 heteroatoms. The largest absolute Gasteiger partial charge is 0.462 e. The first-order chi connectivity index (χ1) is 10.8. The Morgan fingerprint density at radius 3 is 1.83 bits per heavy atom. The average Bonchev–Trinajstić information content (AvgIpc) is 2.78. The molecular formula is C22H44O2. The van der Waals surface area contributed by atoms with Crippen molar-refractivity contribution in [3.63, 3.8) is 0 Å². The molecule has 0 aromatic carbocycles. The Morgan fingerprint density at radius 1 is 1.00 bits per heavy atom.